The van der Waals surface area contributed by atoms with Crippen LogP contribution >= 0.6 is 0 Å². The lowest BCUT2D eigenvalue weighted by Gasteiger charge is -2.18. The lowest BCUT2D eigenvalue weighted by atomic mass is 10.2. The van der Waals surface area contributed by atoms with Crippen molar-refractivity contribution in [1.29, 1.82) is 0 Å². The second-order valence-corrected chi connectivity index (χ2v) is 7.60. The number of hydrogen-bond acceptors (Lipinski definition) is 7. The minimum absolute atomic E-state index is 0.0582. The van der Waals surface area contributed by atoms with E-state index in [0.717, 1.165) is 10.4 Å². The lowest BCUT2D eigenvalue weighted by Crippen LogP contribution is -2.31. The van der Waals surface area contributed by atoms with E-state index in [-0.39, 0.29) is 19.0 Å². The van der Waals surface area contributed by atoms with E-state index < -0.39 is 25.5 Å². The van der Waals surface area contributed by atoms with E-state index in [1.807, 2.05) is 18.2 Å². The van der Waals surface area contributed by atoms with Crippen molar-refractivity contribution >= 4 is 15.7 Å². The normalized spacial score (nSPS) is 11.5. The van der Waals surface area contributed by atoms with Gasteiger partial charge in [0.1, 0.15) is 0 Å². The molecule has 0 aliphatic rings. The molecule has 0 saturated heterocycles. The molecule has 0 amide bonds. The maximum atomic E-state index is 13.0. The SMILES string of the molecule is C=CCN(Cc1nc(-c2ccccc2)no1)S(=O)(=O)c1ccccc1[N+](=O)[O-]. The van der Waals surface area contributed by atoms with Gasteiger partial charge in [-0.2, -0.15) is 9.29 Å². The van der Waals surface area contributed by atoms with Crippen molar-refractivity contribution < 1.29 is 17.9 Å². The van der Waals surface area contributed by atoms with Crippen LogP contribution in [0.25, 0.3) is 11.4 Å². The number of aromatic nitrogens is 2. The predicted octanol–water partition coefficient (Wildman–Crippen LogP) is 3.02. The molecule has 9 nitrogen and oxygen atoms in total. The number of sulfonamides is 1. The average molecular weight is 400 g/mol. The van der Waals surface area contributed by atoms with Gasteiger partial charge < -0.3 is 4.52 Å². The Bertz CT molecular complexity index is 1100. The highest BCUT2D eigenvalue weighted by atomic mass is 32.2. The number of hydrogen-bond donors (Lipinski definition) is 0. The van der Waals surface area contributed by atoms with Crippen LogP contribution in [-0.4, -0.2) is 34.3 Å². The first-order valence-electron chi connectivity index (χ1n) is 8.16. The van der Waals surface area contributed by atoms with Gasteiger partial charge in [0.25, 0.3) is 15.7 Å². The second-order valence-electron chi connectivity index (χ2n) is 5.69. The molecular formula is C18H16N4O5S. The van der Waals surface area contributed by atoms with Gasteiger partial charge in [-0.1, -0.05) is 53.7 Å². The molecule has 0 saturated carbocycles. The van der Waals surface area contributed by atoms with E-state index in [2.05, 4.69) is 16.7 Å². The minimum Gasteiger partial charge on any atom is -0.338 e. The van der Waals surface area contributed by atoms with Gasteiger partial charge in [-0.25, -0.2) is 8.42 Å². The third kappa shape index (κ3) is 3.97. The van der Waals surface area contributed by atoms with Crippen molar-refractivity contribution in [2.45, 2.75) is 11.4 Å². The first-order valence-corrected chi connectivity index (χ1v) is 9.60. The van der Waals surface area contributed by atoms with Crippen LogP contribution < -0.4 is 0 Å². The molecule has 144 valence electrons. The molecule has 0 bridgehead atoms. The maximum absolute atomic E-state index is 13.0. The van der Waals surface area contributed by atoms with Crippen LogP contribution in [0.5, 0.6) is 0 Å². The molecule has 0 aliphatic heterocycles. The Morgan fingerprint density at radius 2 is 1.82 bits per heavy atom. The third-order valence-corrected chi connectivity index (χ3v) is 5.68. The molecule has 2 aromatic carbocycles. The summed E-state index contributed by atoms with van der Waals surface area (Å²) in [6.07, 6.45) is 1.38. The van der Waals surface area contributed by atoms with Crippen molar-refractivity contribution in [3.05, 3.63) is 83.3 Å². The number of nitro benzene ring substituents is 1. The summed E-state index contributed by atoms with van der Waals surface area (Å²) >= 11 is 0. The van der Waals surface area contributed by atoms with E-state index >= 15 is 0 Å². The average Bonchev–Trinajstić information content (AvgIpc) is 3.17. The Morgan fingerprint density at radius 1 is 1.14 bits per heavy atom. The largest absolute Gasteiger partial charge is 0.338 e. The van der Waals surface area contributed by atoms with Crippen molar-refractivity contribution in [1.82, 2.24) is 14.4 Å². The topological polar surface area (TPSA) is 119 Å². The van der Waals surface area contributed by atoms with E-state index in [0.29, 0.717) is 11.4 Å². The molecule has 0 radical (unpaired) electrons. The zero-order chi connectivity index (χ0) is 20.1. The summed E-state index contributed by atoms with van der Waals surface area (Å²) in [7, 11) is -4.20. The molecule has 3 rings (SSSR count). The summed E-state index contributed by atoms with van der Waals surface area (Å²) in [6, 6.07) is 14.2. The lowest BCUT2D eigenvalue weighted by molar-refractivity contribution is -0.387. The number of nitrogens with zero attached hydrogens (tertiary/aromatic N) is 4. The minimum atomic E-state index is -4.20. The zero-order valence-corrected chi connectivity index (χ0v) is 15.4. The highest BCUT2D eigenvalue weighted by Gasteiger charge is 2.32. The van der Waals surface area contributed by atoms with Crippen LogP contribution in [0, 0.1) is 10.1 Å². The van der Waals surface area contributed by atoms with E-state index in [4.69, 9.17) is 4.52 Å². The van der Waals surface area contributed by atoms with E-state index in [1.165, 1.54) is 24.3 Å². The number of rotatable bonds is 8. The second kappa shape index (κ2) is 8.11. The van der Waals surface area contributed by atoms with Gasteiger partial charge in [-0.05, 0) is 6.07 Å². The van der Waals surface area contributed by atoms with Gasteiger partial charge in [-0.3, -0.25) is 10.1 Å². The molecule has 0 atom stereocenters. The summed E-state index contributed by atoms with van der Waals surface area (Å²) in [5, 5.41) is 15.1. The van der Waals surface area contributed by atoms with Crippen LogP contribution in [-0.2, 0) is 16.6 Å². The van der Waals surface area contributed by atoms with Crippen molar-refractivity contribution in [3.63, 3.8) is 0 Å². The molecule has 28 heavy (non-hydrogen) atoms. The molecule has 10 heteroatoms. The molecule has 0 aliphatic carbocycles. The Balaban J connectivity index is 1.93. The van der Waals surface area contributed by atoms with Gasteiger partial charge in [0.2, 0.25) is 11.7 Å². The molecule has 1 heterocycles. The molecule has 0 spiro atoms. The van der Waals surface area contributed by atoms with E-state index in [1.54, 1.807) is 12.1 Å². The van der Waals surface area contributed by atoms with Gasteiger partial charge in [0, 0.05) is 18.2 Å². The Hall–Kier alpha value is -3.37. The van der Waals surface area contributed by atoms with Crippen LogP contribution in [0.3, 0.4) is 0 Å². The summed E-state index contributed by atoms with van der Waals surface area (Å²) in [6.45, 7) is 3.22. The summed E-state index contributed by atoms with van der Waals surface area (Å²) in [4.78, 5) is 14.3. The molecule has 3 aromatic rings. The van der Waals surface area contributed by atoms with Gasteiger partial charge in [0.15, 0.2) is 4.90 Å². The fraction of sp³-hybridized carbons (Fsp3) is 0.111. The summed E-state index contributed by atoms with van der Waals surface area (Å²) < 4.78 is 32.2. The Morgan fingerprint density at radius 3 is 2.50 bits per heavy atom. The standard InChI is InChI=1S/C18H16N4O5S/c1-2-12-21(28(25,26)16-11-7-6-10-15(16)22(23)24)13-17-19-18(20-27-17)14-8-4-3-5-9-14/h2-11H,1,12-13H2. The zero-order valence-electron chi connectivity index (χ0n) is 14.6. The molecule has 0 unspecified atom stereocenters. The fourth-order valence-electron chi connectivity index (χ4n) is 2.53. The van der Waals surface area contributed by atoms with Gasteiger partial charge >= 0.3 is 0 Å². The number of benzene rings is 2. The molecule has 0 N–H and O–H groups in total. The summed E-state index contributed by atoms with van der Waals surface area (Å²) in [5.41, 5.74) is 0.210. The van der Waals surface area contributed by atoms with Crippen LogP contribution in [0.2, 0.25) is 0 Å². The van der Waals surface area contributed by atoms with Crippen molar-refractivity contribution in [3.8, 4) is 11.4 Å². The highest BCUT2D eigenvalue weighted by molar-refractivity contribution is 7.89. The van der Waals surface area contributed by atoms with Crippen LogP contribution in [0.4, 0.5) is 5.69 Å². The number of para-hydroxylation sites is 1. The quantitative estimate of drug-likeness (QED) is 0.324. The first kappa shape index (κ1) is 19.4. The third-order valence-electron chi connectivity index (χ3n) is 3.82. The number of nitro groups is 1. The maximum Gasteiger partial charge on any atom is 0.289 e. The van der Waals surface area contributed by atoms with E-state index in [9.17, 15) is 18.5 Å². The van der Waals surface area contributed by atoms with Crippen molar-refractivity contribution in [2.75, 3.05) is 6.54 Å². The first-order chi connectivity index (χ1) is 13.4. The fourth-order valence-corrected chi connectivity index (χ4v) is 4.05. The Kier molecular flexibility index (Phi) is 5.62. The smallest absolute Gasteiger partial charge is 0.289 e. The van der Waals surface area contributed by atoms with Gasteiger partial charge in [0.05, 0.1) is 11.5 Å². The molecular weight excluding hydrogens is 384 g/mol. The van der Waals surface area contributed by atoms with Gasteiger partial charge in [-0.15, -0.1) is 6.58 Å². The van der Waals surface area contributed by atoms with Crippen LogP contribution in [0.15, 0.2) is 76.7 Å². The molecule has 0 fully saturated rings. The molecule has 1 aromatic heterocycles. The Labute approximate surface area is 161 Å². The highest BCUT2D eigenvalue weighted by Crippen LogP contribution is 2.27. The monoisotopic (exact) mass is 400 g/mol. The van der Waals surface area contributed by atoms with Crippen LogP contribution in [0.1, 0.15) is 5.89 Å². The van der Waals surface area contributed by atoms with Crippen molar-refractivity contribution in [2.24, 2.45) is 0 Å². The predicted molar refractivity (Wildman–Crippen MR) is 101 cm³/mol. The summed E-state index contributed by atoms with van der Waals surface area (Å²) in [5.74, 6) is 0.375.